The number of nitrogens with one attached hydrogen (secondary N) is 1. The molecule has 38 heavy (non-hydrogen) atoms. The monoisotopic (exact) mass is 528 g/mol. The fourth-order valence-electron chi connectivity index (χ4n) is 6.09. The van der Waals surface area contributed by atoms with E-state index in [2.05, 4.69) is 5.32 Å². The highest BCUT2D eigenvalue weighted by Gasteiger charge is 2.66. The summed E-state index contributed by atoms with van der Waals surface area (Å²) in [6.45, 7) is 8.73. The van der Waals surface area contributed by atoms with E-state index in [0.29, 0.717) is 11.1 Å². The third-order valence-electron chi connectivity index (χ3n) is 7.69. The molecule has 0 bridgehead atoms. The minimum Gasteiger partial charge on any atom is -0.505 e. The largest absolute Gasteiger partial charge is 0.505 e. The van der Waals surface area contributed by atoms with Gasteiger partial charge >= 0.3 is 6.09 Å². The quantitative estimate of drug-likeness (QED) is 0.335. The van der Waals surface area contributed by atoms with E-state index in [4.69, 9.17) is 10.5 Å². The zero-order chi connectivity index (χ0) is 28.5. The molecule has 0 aromatic heterocycles. The molecule has 0 heterocycles. The van der Waals surface area contributed by atoms with E-state index >= 15 is 0 Å². The van der Waals surface area contributed by atoms with Crippen LogP contribution < -0.4 is 11.1 Å². The lowest BCUT2D eigenvalue weighted by Crippen LogP contribution is -2.68. The number of nitrogens with two attached hydrogens (primary N) is 1. The van der Waals surface area contributed by atoms with E-state index in [1.807, 2.05) is 13.8 Å². The lowest BCUT2D eigenvalue weighted by Gasteiger charge is -2.48. The van der Waals surface area contributed by atoms with E-state index in [-0.39, 0.29) is 30.0 Å². The van der Waals surface area contributed by atoms with E-state index in [9.17, 15) is 39.0 Å². The van der Waals surface area contributed by atoms with Crippen LogP contribution in [0.2, 0.25) is 0 Å². The highest BCUT2D eigenvalue weighted by Crippen LogP contribution is 2.51. The number of hydrogen-bond acceptors (Lipinski definition) is 9. The number of carbonyl (C=O) groups excluding carboxylic acids is 6. The number of carbonyl (C=O) groups is 6. The molecule has 2 unspecified atom stereocenters. The van der Waals surface area contributed by atoms with Crippen molar-refractivity contribution in [2.24, 2.45) is 29.4 Å². The van der Waals surface area contributed by atoms with Crippen LogP contribution in [0, 0.1) is 23.7 Å². The first-order valence-corrected chi connectivity index (χ1v) is 12.5. The summed E-state index contributed by atoms with van der Waals surface area (Å²) < 4.78 is 5.26. The van der Waals surface area contributed by atoms with Gasteiger partial charge in [0.2, 0.25) is 5.91 Å². The second-order valence-corrected chi connectivity index (χ2v) is 11.7. The van der Waals surface area contributed by atoms with E-state index in [1.165, 1.54) is 0 Å². The Kier molecular flexibility index (Phi) is 6.50. The number of primary amides is 1. The standard InChI is InChI=1S/C27H32N2O9/c1-10(2)13-9-15(29-25(36)38-26(3,4)5)20(31)18-14(13)7-11-6-12-8-16(30)19(24(28)35)23(34)27(12,37)22(33)17(11)21(18)32/h9-12,17,19,31,37H,6-8H2,1-5H3,(H2,28,35)(H,29,36)/t11-,12+,17?,19?,27+/m1/s1. The molecule has 4 rings (SSSR count). The maximum absolute atomic E-state index is 13.8. The van der Waals surface area contributed by atoms with Gasteiger partial charge in [-0.2, -0.15) is 0 Å². The summed E-state index contributed by atoms with van der Waals surface area (Å²) in [5.74, 6) is -11.1. The molecular formula is C27H32N2O9. The maximum Gasteiger partial charge on any atom is 0.412 e. The van der Waals surface area contributed by atoms with Gasteiger partial charge in [0.25, 0.3) is 0 Å². The fraction of sp³-hybridized carbons (Fsp3) is 0.556. The number of rotatable bonds is 3. The Balaban J connectivity index is 1.80. The average Bonchev–Trinajstić information content (AvgIpc) is 2.76. The number of aromatic hydroxyl groups is 1. The number of amides is 2. The predicted molar refractivity (Wildman–Crippen MR) is 132 cm³/mol. The van der Waals surface area contributed by atoms with Gasteiger partial charge in [-0.3, -0.25) is 29.3 Å². The molecule has 2 fully saturated rings. The minimum absolute atomic E-state index is 0.0112. The molecule has 1 aromatic carbocycles. The van der Waals surface area contributed by atoms with Crippen LogP contribution >= 0.6 is 0 Å². The van der Waals surface area contributed by atoms with Crippen LogP contribution in [0.3, 0.4) is 0 Å². The topological polar surface area (TPSA) is 190 Å². The summed E-state index contributed by atoms with van der Waals surface area (Å²) in [6.07, 6.45) is -1.08. The molecule has 2 saturated carbocycles. The van der Waals surface area contributed by atoms with Crippen molar-refractivity contribution in [1.82, 2.24) is 0 Å². The SMILES string of the molecule is CC(C)c1cc(NC(=O)OC(C)(C)C)c(O)c2c1C[C@H]1C[C@H]3CC(=O)C(C(N)=O)C(=O)[C@@]3(O)C(=O)C1C2=O. The zero-order valence-corrected chi connectivity index (χ0v) is 21.9. The van der Waals surface area contributed by atoms with Gasteiger partial charge in [0.15, 0.2) is 34.7 Å². The van der Waals surface area contributed by atoms with Crippen LogP contribution in [0.15, 0.2) is 6.07 Å². The normalized spacial score (nSPS) is 28.9. The lowest BCUT2D eigenvalue weighted by atomic mass is 9.53. The van der Waals surface area contributed by atoms with Gasteiger partial charge < -0.3 is 20.7 Å². The van der Waals surface area contributed by atoms with E-state index < -0.39 is 82.2 Å². The number of fused-ring (bicyclic) bond motifs is 3. The number of benzene rings is 1. The van der Waals surface area contributed by atoms with Gasteiger partial charge in [0.1, 0.15) is 11.4 Å². The predicted octanol–water partition coefficient (Wildman–Crippen LogP) is 1.80. The summed E-state index contributed by atoms with van der Waals surface area (Å²) >= 11 is 0. The minimum atomic E-state index is -2.72. The first-order valence-electron chi connectivity index (χ1n) is 12.5. The van der Waals surface area contributed by atoms with E-state index in [0.717, 1.165) is 0 Å². The number of Topliss-reactive ketones (excluding diaryl/α,β-unsaturated/α-hetero) is 4. The summed E-state index contributed by atoms with van der Waals surface area (Å²) in [5.41, 5.74) is 2.57. The molecule has 3 aliphatic rings. The van der Waals surface area contributed by atoms with Crippen molar-refractivity contribution in [2.75, 3.05) is 5.32 Å². The van der Waals surface area contributed by atoms with Crippen LogP contribution in [-0.2, 0) is 30.3 Å². The van der Waals surface area contributed by atoms with Crippen LogP contribution in [0.1, 0.15) is 74.9 Å². The zero-order valence-electron chi connectivity index (χ0n) is 21.9. The van der Waals surface area contributed by atoms with Gasteiger partial charge in [0, 0.05) is 12.3 Å². The highest BCUT2D eigenvalue weighted by atomic mass is 16.6. The number of ether oxygens (including phenoxy) is 1. The number of phenolic OH excluding ortho intramolecular Hbond substituents is 1. The molecule has 0 radical (unpaired) electrons. The number of phenols is 1. The summed E-state index contributed by atoms with van der Waals surface area (Å²) in [5, 5.41) is 24.9. The van der Waals surface area contributed by atoms with Crippen LogP contribution in [-0.4, -0.2) is 56.5 Å². The van der Waals surface area contributed by atoms with Crippen LogP contribution in [0.5, 0.6) is 5.75 Å². The van der Waals surface area contributed by atoms with Gasteiger partial charge in [-0.25, -0.2) is 4.79 Å². The lowest BCUT2D eigenvalue weighted by molar-refractivity contribution is -0.175. The Morgan fingerprint density at radius 2 is 1.76 bits per heavy atom. The van der Waals surface area contributed by atoms with Gasteiger partial charge in [-0.1, -0.05) is 13.8 Å². The number of anilines is 1. The third-order valence-corrected chi connectivity index (χ3v) is 7.69. The summed E-state index contributed by atoms with van der Waals surface area (Å²) in [4.78, 5) is 77.2. The molecule has 0 spiro atoms. The van der Waals surface area contributed by atoms with Gasteiger partial charge in [-0.15, -0.1) is 0 Å². The molecule has 0 saturated heterocycles. The van der Waals surface area contributed by atoms with Crippen LogP contribution in [0.25, 0.3) is 0 Å². The Morgan fingerprint density at radius 3 is 2.32 bits per heavy atom. The molecule has 3 aliphatic carbocycles. The smallest absolute Gasteiger partial charge is 0.412 e. The summed E-state index contributed by atoms with van der Waals surface area (Å²) in [7, 11) is 0. The first-order chi connectivity index (χ1) is 17.5. The van der Waals surface area contributed by atoms with Crippen molar-refractivity contribution in [3.8, 4) is 5.75 Å². The Labute approximate surface area is 219 Å². The molecule has 5 atom stereocenters. The van der Waals surface area contributed by atoms with Crippen LogP contribution in [0.4, 0.5) is 10.5 Å². The Hall–Kier alpha value is -3.60. The van der Waals surface area contributed by atoms with Gasteiger partial charge in [0.05, 0.1) is 17.2 Å². The molecule has 11 heteroatoms. The van der Waals surface area contributed by atoms with Crippen molar-refractivity contribution in [1.29, 1.82) is 0 Å². The molecule has 2 amide bonds. The molecule has 5 N–H and O–H groups in total. The first kappa shape index (κ1) is 27.4. The molecule has 1 aromatic rings. The van der Waals surface area contributed by atoms with E-state index in [1.54, 1.807) is 26.8 Å². The highest BCUT2D eigenvalue weighted by molar-refractivity contribution is 6.31. The molecule has 204 valence electrons. The van der Waals surface area contributed by atoms with Crippen molar-refractivity contribution < 1.29 is 43.7 Å². The number of ketones is 4. The van der Waals surface area contributed by atoms with Crippen molar-refractivity contribution in [2.45, 2.75) is 71.0 Å². The Morgan fingerprint density at radius 1 is 1.13 bits per heavy atom. The van der Waals surface area contributed by atoms with Crippen molar-refractivity contribution in [3.05, 3.63) is 22.8 Å². The second-order valence-electron chi connectivity index (χ2n) is 11.7. The fourth-order valence-corrected chi connectivity index (χ4v) is 6.09. The Bertz CT molecular complexity index is 1290. The molecular weight excluding hydrogens is 496 g/mol. The van der Waals surface area contributed by atoms with Crippen molar-refractivity contribution in [3.63, 3.8) is 0 Å². The number of aliphatic hydroxyl groups is 1. The second kappa shape index (κ2) is 9.00. The van der Waals surface area contributed by atoms with Gasteiger partial charge in [-0.05, 0) is 62.6 Å². The molecule has 0 aliphatic heterocycles. The molecule has 11 nitrogen and oxygen atoms in total. The third kappa shape index (κ3) is 4.18. The average molecular weight is 529 g/mol. The summed E-state index contributed by atoms with van der Waals surface area (Å²) in [6, 6.07) is 1.56. The van der Waals surface area contributed by atoms with Crippen molar-refractivity contribution >= 4 is 40.8 Å². The number of hydrogen-bond donors (Lipinski definition) is 4. The maximum atomic E-state index is 13.8.